The third-order valence-electron chi connectivity index (χ3n) is 3.79. The summed E-state index contributed by atoms with van der Waals surface area (Å²) in [6, 6.07) is 4.97. The second kappa shape index (κ2) is 5.30. The number of rotatable bonds is 2. The fourth-order valence-corrected chi connectivity index (χ4v) is 4.37. The highest BCUT2D eigenvalue weighted by Gasteiger charge is 2.30. The largest absolute Gasteiger partial charge is 0.365 e. The fraction of sp³-hybridized carbons (Fsp3) is 0.200. The molecule has 3 rings (SSSR count). The Bertz CT molecular complexity index is 800. The number of anilines is 1. The van der Waals surface area contributed by atoms with Crippen molar-refractivity contribution in [3.63, 3.8) is 0 Å². The molecule has 1 aromatic heterocycles. The van der Waals surface area contributed by atoms with Crippen LogP contribution in [0.15, 0.2) is 18.2 Å². The molecule has 7 heteroatoms. The first-order chi connectivity index (χ1) is 10.4. The van der Waals surface area contributed by atoms with E-state index < -0.39 is 11.9 Å². The molecule has 0 aliphatic heterocycles. The van der Waals surface area contributed by atoms with E-state index in [4.69, 9.17) is 23.1 Å². The first kappa shape index (κ1) is 14.9. The van der Waals surface area contributed by atoms with Gasteiger partial charge < -0.3 is 11.5 Å². The number of urea groups is 1. The van der Waals surface area contributed by atoms with Gasteiger partial charge in [-0.1, -0.05) is 24.6 Å². The summed E-state index contributed by atoms with van der Waals surface area (Å²) in [6.07, 6.45) is 0.665. The van der Waals surface area contributed by atoms with E-state index >= 15 is 0 Å². The van der Waals surface area contributed by atoms with Crippen LogP contribution in [0.4, 0.5) is 9.80 Å². The Morgan fingerprint density at radius 1 is 1.36 bits per heavy atom. The Hall–Kier alpha value is -2.05. The molecule has 22 heavy (non-hydrogen) atoms. The zero-order valence-corrected chi connectivity index (χ0v) is 13.3. The molecule has 1 aliphatic carbocycles. The lowest BCUT2D eigenvalue weighted by molar-refractivity contribution is 0.100. The molecule has 0 fully saturated rings. The Morgan fingerprint density at radius 2 is 2.09 bits per heavy atom. The molecule has 1 aromatic carbocycles. The van der Waals surface area contributed by atoms with E-state index in [0.717, 1.165) is 21.6 Å². The summed E-state index contributed by atoms with van der Waals surface area (Å²) < 4.78 is 0. The second-order valence-corrected chi connectivity index (χ2v) is 6.76. The van der Waals surface area contributed by atoms with Gasteiger partial charge in [-0.3, -0.25) is 10.1 Å². The third kappa shape index (κ3) is 2.34. The molecule has 1 atom stereocenters. The van der Waals surface area contributed by atoms with E-state index in [1.54, 1.807) is 0 Å². The Balaban J connectivity index is 2.25. The number of thiophene rings is 1. The highest BCUT2D eigenvalue weighted by Crippen LogP contribution is 2.48. The predicted octanol–water partition coefficient (Wildman–Crippen LogP) is 3.32. The van der Waals surface area contributed by atoms with Crippen molar-refractivity contribution in [2.45, 2.75) is 19.3 Å². The van der Waals surface area contributed by atoms with Gasteiger partial charge in [0.15, 0.2) is 0 Å². The molecule has 3 amide bonds. The number of benzene rings is 1. The monoisotopic (exact) mass is 335 g/mol. The van der Waals surface area contributed by atoms with Crippen LogP contribution in [0.1, 0.15) is 34.3 Å². The van der Waals surface area contributed by atoms with Gasteiger partial charge in [0, 0.05) is 9.90 Å². The summed E-state index contributed by atoms with van der Waals surface area (Å²) in [5.41, 5.74) is 14.0. The van der Waals surface area contributed by atoms with Crippen LogP contribution in [-0.4, -0.2) is 11.9 Å². The van der Waals surface area contributed by atoms with Gasteiger partial charge in [-0.2, -0.15) is 0 Å². The van der Waals surface area contributed by atoms with Crippen molar-refractivity contribution >= 4 is 39.9 Å². The summed E-state index contributed by atoms with van der Waals surface area (Å²) in [4.78, 5) is 23.9. The van der Waals surface area contributed by atoms with Gasteiger partial charge in [0.05, 0.1) is 5.56 Å². The molecular formula is C15H14ClN3O2S. The lowest BCUT2D eigenvalue weighted by Gasteiger charge is -2.23. The summed E-state index contributed by atoms with van der Waals surface area (Å²) in [7, 11) is 0. The van der Waals surface area contributed by atoms with Gasteiger partial charge >= 0.3 is 6.03 Å². The standard InChI is InChI=1S/C15H14ClN3O2S/c1-6-4-10-11(13(17)20)14(19-15(18)21)22-12(10)8-3-2-7(16)5-9(6)8/h2-3,5-6H,4H2,1H3,(H2,17,20)(H3,18,19,21). The number of halogens is 1. The summed E-state index contributed by atoms with van der Waals surface area (Å²) in [5.74, 6) is -0.360. The first-order valence-electron chi connectivity index (χ1n) is 6.70. The van der Waals surface area contributed by atoms with Crippen LogP contribution in [0.5, 0.6) is 0 Å². The van der Waals surface area contributed by atoms with Crippen molar-refractivity contribution in [2.24, 2.45) is 11.5 Å². The smallest absolute Gasteiger partial charge is 0.317 e. The molecule has 114 valence electrons. The van der Waals surface area contributed by atoms with E-state index in [9.17, 15) is 9.59 Å². The Labute approximate surface area is 136 Å². The van der Waals surface area contributed by atoms with Gasteiger partial charge in [-0.15, -0.1) is 11.3 Å². The fourth-order valence-electron chi connectivity index (χ4n) is 2.90. The molecule has 1 unspecified atom stereocenters. The third-order valence-corrected chi connectivity index (χ3v) is 5.21. The molecule has 5 N–H and O–H groups in total. The number of carbonyl (C=O) groups is 2. The quantitative estimate of drug-likeness (QED) is 0.784. The molecule has 1 heterocycles. The Kier molecular flexibility index (Phi) is 3.58. The van der Waals surface area contributed by atoms with E-state index in [2.05, 4.69) is 12.2 Å². The van der Waals surface area contributed by atoms with Gasteiger partial charge in [-0.25, -0.2) is 4.79 Å². The number of nitrogens with two attached hydrogens (primary N) is 2. The summed E-state index contributed by atoms with van der Waals surface area (Å²) in [5, 5.41) is 3.58. The van der Waals surface area contributed by atoms with Gasteiger partial charge in [0.25, 0.3) is 5.91 Å². The highest BCUT2D eigenvalue weighted by atomic mass is 35.5. The summed E-state index contributed by atoms with van der Waals surface area (Å²) >= 11 is 7.39. The van der Waals surface area contributed by atoms with Gasteiger partial charge in [-0.05, 0) is 41.2 Å². The predicted molar refractivity (Wildman–Crippen MR) is 88.6 cm³/mol. The van der Waals surface area contributed by atoms with Gasteiger partial charge in [0.2, 0.25) is 0 Å². The minimum absolute atomic E-state index is 0.204. The molecular weight excluding hydrogens is 322 g/mol. The average Bonchev–Trinajstić information content (AvgIpc) is 2.76. The average molecular weight is 336 g/mol. The second-order valence-electron chi connectivity index (χ2n) is 5.30. The lowest BCUT2D eigenvalue weighted by atomic mass is 9.82. The van der Waals surface area contributed by atoms with Crippen LogP contribution in [0.25, 0.3) is 10.4 Å². The Morgan fingerprint density at radius 3 is 2.73 bits per heavy atom. The molecule has 0 spiro atoms. The van der Waals surface area contributed by atoms with E-state index in [1.807, 2.05) is 18.2 Å². The summed E-state index contributed by atoms with van der Waals surface area (Å²) in [6.45, 7) is 2.07. The van der Waals surface area contributed by atoms with Crippen LogP contribution in [0.3, 0.4) is 0 Å². The van der Waals surface area contributed by atoms with Gasteiger partial charge in [0.1, 0.15) is 5.00 Å². The molecule has 2 aromatic rings. The number of primary amides is 2. The SMILES string of the molecule is CC1Cc2c(sc(NC(N)=O)c2C(N)=O)-c2ccc(Cl)cc21. The number of carbonyl (C=O) groups excluding carboxylic acids is 2. The molecule has 0 saturated carbocycles. The highest BCUT2D eigenvalue weighted by molar-refractivity contribution is 7.20. The maximum atomic E-state index is 11.8. The topological polar surface area (TPSA) is 98.2 Å². The number of amides is 3. The van der Waals surface area contributed by atoms with Crippen molar-refractivity contribution in [1.29, 1.82) is 0 Å². The number of hydrogen-bond acceptors (Lipinski definition) is 3. The van der Waals surface area contributed by atoms with Crippen LogP contribution >= 0.6 is 22.9 Å². The van der Waals surface area contributed by atoms with E-state index in [1.165, 1.54) is 11.3 Å². The van der Waals surface area contributed by atoms with Crippen molar-refractivity contribution in [3.05, 3.63) is 39.9 Å². The van der Waals surface area contributed by atoms with E-state index in [0.29, 0.717) is 22.0 Å². The number of fused-ring (bicyclic) bond motifs is 3. The minimum atomic E-state index is -0.717. The minimum Gasteiger partial charge on any atom is -0.365 e. The first-order valence-corrected chi connectivity index (χ1v) is 7.89. The number of nitrogens with one attached hydrogen (secondary N) is 1. The van der Waals surface area contributed by atoms with Crippen molar-refractivity contribution in [3.8, 4) is 10.4 Å². The molecule has 0 radical (unpaired) electrons. The zero-order chi connectivity index (χ0) is 16.0. The van der Waals surface area contributed by atoms with E-state index in [-0.39, 0.29) is 5.92 Å². The lowest BCUT2D eigenvalue weighted by Crippen LogP contribution is -2.22. The van der Waals surface area contributed by atoms with Crippen LogP contribution < -0.4 is 16.8 Å². The maximum absolute atomic E-state index is 11.8. The van der Waals surface area contributed by atoms with Crippen LogP contribution in [0, 0.1) is 0 Å². The molecule has 0 saturated heterocycles. The normalized spacial score (nSPS) is 15.8. The maximum Gasteiger partial charge on any atom is 0.317 e. The van der Waals surface area contributed by atoms with Crippen LogP contribution in [0.2, 0.25) is 5.02 Å². The number of hydrogen-bond donors (Lipinski definition) is 3. The van der Waals surface area contributed by atoms with Crippen molar-refractivity contribution in [2.75, 3.05) is 5.32 Å². The van der Waals surface area contributed by atoms with Crippen molar-refractivity contribution in [1.82, 2.24) is 0 Å². The van der Waals surface area contributed by atoms with Crippen molar-refractivity contribution < 1.29 is 9.59 Å². The molecule has 0 bridgehead atoms. The van der Waals surface area contributed by atoms with Crippen LogP contribution in [-0.2, 0) is 6.42 Å². The zero-order valence-electron chi connectivity index (χ0n) is 11.8. The molecule has 5 nitrogen and oxygen atoms in total. The molecule has 1 aliphatic rings.